The van der Waals surface area contributed by atoms with Crippen molar-refractivity contribution in [2.45, 2.75) is 18.7 Å². The largest absolute Gasteiger partial charge is 0.485 e. The van der Waals surface area contributed by atoms with Gasteiger partial charge in [-0.05, 0) is 24.6 Å². The normalized spacial score (nSPS) is 37.8. The van der Waals surface area contributed by atoms with Crippen molar-refractivity contribution in [3.63, 3.8) is 0 Å². The molecule has 1 aliphatic carbocycles. The summed E-state index contributed by atoms with van der Waals surface area (Å²) in [6.07, 6.45) is -0.107. The topological polar surface area (TPSA) is 35.5 Å². The molecule has 16 heavy (non-hydrogen) atoms. The van der Waals surface area contributed by atoms with Gasteiger partial charge in [-0.2, -0.15) is 0 Å². The van der Waals surface area contributed by atoms with Crippen LogP contribution in [0.1, 0.15) is 13.3 Å². The Labute approximate surface area is 91.3 Å². The monoisotopic (exact) mass is 237 g/mol. The predicted octanol–water partition coefficient (Wildman–Crippen LogP) is 1.80. The summed E-state index contributed by atoms with van der Waals surface area (Å²) in [5.41, 5.74) is 0. The number of fused-ring (bicyclic) bond motifs is 1. The van der Waals surface area contributed by atoms with Gasteiger partial charge in [0, 0.05) is 19.1 Å². The number of hydrogen-bond acceptors (Lipinski definition) is 3. The van der Waals surface area contributed by atoms with E-state index in [2.05, 4.69) is 0 Å². The molecule has 1 saturated heterocycles. The maximum absolute atomic E-state index is 13.0. The van der Waals surface area contributed by atoms with Gasteiger partial charge in [-0.3, -0.25) is 4.79 Å². The second-order valence-corrected chi connectivity index (χ2v) is 4.35. The average Bonchev–Trinajstić information content (AvgIpc) is 2.87. The number of hydrogen-bond donors (Lipinski definition) is 0. The molecule has 0 aromatic heterocycles. The molecule has 0 spiro atoms. The van der Waals surface area contributed by atoms with E-state index in [1.807, 2.05) is 0 Å². The number of ether oxygens (including phenoxy) is 2. The Hall–Kier alpha value is -0.715. The first kappa shape index (κ1) is 11.8. The van der Waals surface area contributed by atoms with E-state index >= 15 is 0 Å². The third-order valence-electron chi connectivity index (χ3n) is 3.69. The molecule has 1 saturated carbocycles. The fraction of sp³-hybridized carbons (Fsp3) is 0.889. The van der Waals surface area contributed by atoms with Crippen LogP contribution < -0.4 is 0 Å². The second-order valence-electron chi connectivity index (χ2n) is 4.35. The van der Waals surface area contributed by atoms with Crippen LogP contribution in [0.4, 0.5) is 12.9 Å². The van der Waals surface area contributed by atoms with Gasteiger partial charge in [0.05, 0.1) is 6.61 Å². The van der Waals surface area contributed by atoms with Crippen molar-refractivity contribution in [2.75, 3.05) is 19.8 Å². The van der Waals surface area contributed by atoms with E-state index in [0.29, 0.717) is 0 Å². The SMILES string of the molecule is CCOC(=O)[C@@H]1C2COCC[C@]21[B-](F)(F)F. The Morgan fingerprint density at radius 3 is 2.75 bits per heavy atom. The quantitative estimate of drug-likeness (QED) is 0.554. The van der Waals surface area contributed by atoms with Gasteiger partial charge in [0.2, 0.25) is 0 Å². The number of rotatable bonds is 3. The molecule has 2 fully saturated rings. The Kier molecular flexibility index (Phi) is 2.68. The molecule has 2 aliphatic rings. The first-order valence-corrected chi connectivity index (χ1v) is 5.39. The summed E-state index contributed by atoms with van der Waals surface area (Å²) >= 11 is 0. The lowest BCUT2D eigenvalue weighted by molar-refractivity contribution is -0.145. The van der Waals surface area contributed by atoms with E-state index in [1.165, 1.54) is 0 Å². The molecular formula is C9H13BF3O3-. The van der Waals surface area contributed by atoms with E-state index in [1.54, 1.807) is 6.92 Å². The van der Waals surface area contributed by atoms with E-state index in [9.17, 15) is 17.7 Å². The first-order chi connectivity index (χ1) is 7.45. The summed E-state index contributed by atoms with van der Waals surface area (Å²) in [6.45, 7) is -3.22. The molecule has 1 unspecified atom stereocenters. The van der Waals surface area contributed by atoms with Crippen molar-refractivity contribution in [1.82, 2.24) is 0 Å². The lowest BCUT2D eigenvalue weighted by Gasteiger charge is -2.31. The molecular weight excluding hydrogens is 224 g/mol. The summed E-state index contributed by atoms with van der Waals surface area (Å²) in [6, 6.07) is 0. The van der Waals surface area contributed by atoms with Crippen molar-refractivity contribution in [2.24, 2.45) is 11.8 Å². The Morgan fingerprint density at radius 1 is 1.56 bits per heavy atom. The third kappa shape index (κ3) is 1.44. The molecule has 1 heterocycles. The molecule has 2 rings (SSSR count). The summed E-state index contributed by atoms with van der Waals surface area (Å²) in [7, 11) is 0. The Bertz CT molecular complexity index is 307. The van der Waals surface area contributed by atoms with Gasteiger partial charge in [0.15, 0.2) is 0 Å². The lowest BCUT2D eigenvalue weighted by Crippen LogP contribution is -2.33. The van der Waals surface area contributed by atoms with Crippen molar-refractivity contribution >= 4 is 12.9 Å². The smallest absolute Gasteiger partial charge is 0.466 e. The van der Waals surface area contributed by atoms with Crippen LogP contribution in [0.5, 0.6) is 0 Å². The number of esters is 1. The molecule has 0 radical (unpaired) electrons. The highest BCUT2D eigenvalue weighted by Gasteiger charge is 2.76. The number of halogens is 3. The fourth-order valence-corrected chi connectivity index (χ4v) is 2.82. The first-order valence-electron chi connectivity index (χ1n) is 5.39. The second kappa shape index (κ2) is 3.65. The zero-order chi connectivity index (χ0) is 12.0. The molecule has 0 amide bonds. The Balaban J connectivity index is 2.19. The minimum atomic E-state index is -5.02. The van der Waals surface area contributed by atoms with Crippen molar-refractivity contribution < 1.29 is 27.2 Å². The van der Waals surface area contributed by atoms with Crippen LogP contribution in [-0.4, -0.2) is 32.8 Å². The molecule has 1 aliphatic heterocycles. The van der Waals surface area contributed by atoms with Gasteiger partial charge in [0.25, 0.3) is 0 Å². The van der Waals surface area contributed by atoms with Crippen LogP contribution in [0.3, 0.4) is 0 Å². The molecule has 92 valence electrons. The van der Waals surface area contributed by atoms with Crippen molar-refractivity contribution in [3.05, 3.63) is 0 Å². The van der Waals surface area contributed by atoms with Crippen LogP contribution in [-0.2, 0) is 14.3 Å². The minimum absolute atomic E-state index is 0.0186. The number of carbonyl (C=O) groups is 1. The van der Waals surface area contributed by atoms with Gasteiger partial charge in [-0.15, -0.1) is 0 Å². The minimum Gasteiger partial charge on any atom is -0.466 e. The van der Waals surface area contributed by atoms with Gasteiger partial charge in [-0.1, -0.05) is 0 Å². The summed E-state index contributed by atoms with van der Waals surface area (Å²) in [5.74, 6) is -2.48. The lowest BCUT2D eigenvalue weighted by atomic mass is 9.63. The van der Waals surface area contributed by atoms with Crippen LogP contribution in [0.25, 0.3) is 0 Å². The van der Waals surface area contributed by atoms with Crippen LogP contribution in [0, 0.1) is 11.8 Å². The van der Waals surface area contributed by atoms with Crippen molar-refractivity contribution in [3.8, 4) is 0 Å². The molecule has 0 N–H and O–H groups in total. The maximum Gasteiger partial charge on any atom is 0.485 e. The standard InChI is InChI=1S/C9H13BF3O3/c1-2-16-8(14)7-6-5-15-4-3-9(6,7)10(11,12)13/h6-7H,2-5H2,1H3/q-1/t6?,7-,9-/m0/s1. The zero-order valence-corrected chi connectivity index (χ0v) is 8.92. The maximum atomic E-state index is 13.0. The molecule has 0 aromatic carbocycles. The number of carbonyl (C=O) groups excluding carboxylic acids is 1. The molecule has 3 atom stereocenters. The van der Waals surface area contributed by atoms with Gasteiger partial charge >= 0.3 is 12.9 Å². The predicted molar refractivity (Wildman–Crippen MR) is 50.8 cm³/mol. The molecule has 7 heteroatoms. The molecule has 3 nitrogen and oxygen atoms in total. The van der Waals surface area contributed by atoms with E-state index in [-0.39, 0.29) is 26.2 Å². The zero-order valence-electron chi connectivity index (χ0n) is 8.92. The van der Waals surface area contributed by atoms with E-state index < -0.39 is 30.1 Å². The highest BCUT2D eigenvalue weighted by Crippen LogP contribution is 2.75. The van der Waals surface area contributed by atoms with Crippen LogP contribution >= 0.6 is 0 Å². The Morgan fingerprint density at radius 2 is 2.25 bits per heavy atom. The average molecular weight is 237 g/mol. The highest BCUT2D eigenvalue weighted by atomic mass is 19.4. The molecule has 0 aromatic rings. The third-order valence-corrected chi connectivity index (χ3v) is 3.69. The van der Waals surface area contributed by atoms with E-state index in [4.69, 9.17) is 9.47 Å². The van der Waals surface area contributed by atoms with Crippen LogP contribution in [0.2, 0.25) is 5.31 Å². The summed E-state index contributed by atoms with van der Waals surface area (Å²) in [5, 5.41) is -1.81. The van der Waals surface area contributed by atoms with Crippen molar-refractivity contribution in [1.29, 1.82) is 0 Å². The molecule has 0 bridgehead atoms. The van der Waals surface area contributed by atoms with E-state index in [0.717, 1.165) is 0 Å². The summed E-state index contributed by atoms with van der Waals surface area (Å²) in [4.78, 5) is 11.5. The summed E-state index contributed by atoms with van der Waals surface area (Å²) < 4.78 is 48.7. The van der Waals surface area contributed by atoms with Gasteiger partial charge in [0.1, 0.15) is 0 Å². The van der Waals surface area contributed by atoms with Gasteiger partial charge < -0.3 is 22.4 Å². The van der Waals surface area contributed by atoms with Gasteiger partial charge in [-0.25, -0.2) is 0 Å². The highest BCUT2D eigenvalue weighted by molar-refractivity contribution is 6.64. The van der Waals surface area contributed by atoms with Crippen LogP contribution in [0.15, 0.2) is 0 Å². The fourth-order valence-electron chi connectivity index (χ4n) is 2.82.